The zero-order chi connectivity index (χ0) is 21.5. The zero-order valence-electron chi connectivity index (χ0n) is 17.7. The molecule has 2 fully saturated rings. The fourth-order valence-corrected chi connectivity index (χ4v) is 4.77. The number of piperidine rings is 1. The third-order valence-electron chi connectivity index (χ3n) is 6.49. The van der Waals surface area contributed by atoms with Gasteiger partial charge in [0.25, 0.3) is 0 Å². The van der Waals surface area contributed by atoms with Crippen LogP contribution in [0, 0.1) is 5.82 Å². The van der Waals surface area contributed by atoms with Gasteiger partial charge in [-0.05, 0) is 37.1 Å². The molecule has 4 aromatic rings. The molecule has 32 heavy (non-hydrogen) atoms. The second-order valence-corrected chi connectivity index (χ2v) is 8.43. The molecule has 2 aromatic heterocycles. The maximum absolute atomic E-state index is 13.5. The summed E-state index contributed by atoms with van der Waals surface area (Å²) in [7, 11) is 0. The number of benzene rings is 2. The van der Waals surface area contributed by atoms with Gasteiger partial charge in [0.15, 0.2) is 17.2 Å². The largest absolute Gasteiger partial charge is 0.378 e. The van der Waals surface area contributed by atoms with E-state index in [0.717, 1.165) is 72.8 Å². The Morgan fingerprint density at radius 2 is 1.50 bits per heavy atom. The Morgan fingerprint density at radius 3 is 2.19 bits per heavy atom. The van der Waals surface area contributed by atoms with Gasteiger partial charge >= 0.3 is 0 Å². The number of halogens is 1. The maximum Gasteiger partial charge on any atom is 0.172 e. The van der Waals surface area contributed by atoms with Crippen LogP contribution in [0.25, 0.3) is 22.0 Å². The van der Waals surface area contributed by atoms with Crippen molar-refractivity contribution in [2.75, 3.05) is 49.2 Å². The lowest BCUT2D eigenvalue weighted by Crippen LogP contribution is -2.40. The Kier molecular flexibility index (Phi) is 4.87. The SMILES string of the molecule is Fc1ccc2c(C3CCN(c4nc5ccccc5nc4N4CCOCC4)CC3)noc2c1. The van der Waals surface area contributed by atoms with Crippen molar-refractivity contribution in [3.63, 3.8) is 0 Å². The lowest BCUT2D eigenvalue weighted by Gasteiger charge is -2.36. The lowest BCUT2D eigenvalue weighted by molar-refractivity contribution is 0.122. The highest BCUT2D eigenvalue weighted by atomic mass is 19.1. The fourth-order valence-electron chi connectivity index (χ4n) is 4.77. The predicted octanol–water partition coefficient (Wildman–Crippen LogP) is 4.13. The summed E-state index contributed by atoms with van der Waals surface area (Å²) in [6.45, 7) is 4.75. The van der Waals surface area contributed by atoms with Crippen molar-refractivity contribution in [1.82, 2.24) is 15.1 Å². The van der Waals surface area contributed by atoms with Gasteiger partial charge in [-0.25, -0.2) is 14.4 Å². The van der Waals surface area contributed by atoms with Crippen molar-refractivity contribution >= 4 is 33.6 Å². The molecule has 0 radical (unpaired) electrons. The third-order valence-corrected chi connectivity index (χ3v) is 6.49. The van der Waals surface area contributed by atoms with Crippen molar-refractivity contribution in [2.45, 2.75) is 18.8 Å². The molecule has 2 saturated heterocycles. The molecule has 2 aliphatic rings. The fraction of sp³-hybridized carbons (Fsp3) is 0.375. The van der Waals surface area contributed by atoms with Crippen LogP contribution in [0.1, 0.15) is 24.5 Å². The molecule has 164 valence electrons. The lowest BCUT2D eigenvalue weighted by atomic mass is 9.91. The first-order valence-corrected chi connectivity index (χ1v) is 11.2. The Morgan fingerprint density at radius 1 is 0.844 bits per heavy atom. The summed E-state index contributed by atoms with van der Waals surface area (Å²) in [4.78, 5) is 14.6. The average molecular weight is 433 g/mol. The standard InChI is InChI=1S/C24H24FN5O2/c25-17-5-6-18-21(15-17)32-28-22(18)16-7-9-29(10-8-16)23-24(30-11-13-31-14-12-30)27-20-4-2-1-3-19(20)26-23/h1-6,15-16H,7-14H2. The predicted molar refractivity (Wildman–Crippen MR) is 121 cm³/mol. The number of hydrogen-bond acceptors (Lipinski definition) is 7. The average Bonchev–Trinajstić information content (AvgIpc) is 3.27. The topological polar surface area (TPSA) is 67.5 Å². The number of ether oxygens (including phenoxy) is 1. The van der Waals surface area contributed by atoms with Gasteiger partial charge in [-0.1, -0.05) is 17.3 Å². The number of aromatic nitrogens is 3. The first-order valence-electron chi connectivity index (χ1n) is 11.2. The number of fused-ring (bicyclic) bond motifs is 2. The van der Waals surface area contributed by atoms with Crippen LogP contribution in [0.5, 0.6) is 0 Å². The molecule has 0 bridgehead atoms. The maximum atomic E-state index is 13.5. The van der Waals surface area contributed by atoms with Gasteiger partial charge in [-0.2, -0.15) is 0 Å². The second-order valence-electron chi connectivity index (χ2n) is 8.43. The molecule has 6 rings (SSSR count). The van der Waals surface area contributed by atoms with Crippen LogP contribution in [0.4, 0.5) is 16.0 Å². The van der Waals surface area contributed by atoms with Gasteiger partial charge in [0.05, 0.1) is 29.9 Å². The summed E-state index contributed by atoms with van der Waals surface area (Å²) in [5.41, 5.74) is 3.26. The number of rotatable bonds is 3. The summed E-state index contributed by atoms with van der Waals surface area (Å²) >= 11 is 0. The van der Waals surface area contributed by atoms with Crippen LogP contribution in [-0.4, -0.2) is 54.5 Å². The van der Waals surface area contributed by atoms with Crippen LogP contribution >= 0.6 is 0 Å². The molecule has 4 heterocycles. The van der Waals surface area contributed by atoms with E-state index in [-0.39, 0.29) is 11.7 Å². The monoisotopic (exact) mass is 433 g/mol. The molecular formula is C24H24FN5O2. The second kappa shape index (κ2) is 8.02. The van der Waals surface area contributed by atoms with E-state index in [0.29, 0.717) is 18.8 Å². The molecule has 0 amide bonds. The third kappa shape index (κ3) is 3.44. The molecule has 7 nitrogen and oxygen atoms in total. The molecule has 0 atom stereocenters. The van der Waals surface area contributed by atoms with Crippen LogP contribution in [0.3, 0.4) is 0 Å². The van der Waals surface area contributed by atoms with Gasteiger partial charge < -0.3 is 19.1 Å². The van der Waals surface area contributed by atoms with Crippen LogP contribution < -0.4 is 9.80 Å². The van der Waals surface area contributed by atoms with E-state index in [4.69, 9.17) is 19.2 Å². The zero-order valence-corrected chi connectivity index (χ0v) is 17.7. The molecule has 0 N–H and O–H groups in total. The highest BCUT2D eigenvalue weighted by Gasteiger charge is 2.29. The van der Waals surface area contributed by atoms with Gasteiger partial charge in [-0.3, -0.25) is 0 Å². The number of morpholine rings is 1. The van der Waals surface area contributed by atoms with Gasteiger partial charge in [0.2, 0.25) is 0 Å². The Hall–Kier alpha value is -3.26. The first-order chi connectivity index (χ1) is 15.8. The summed E-state index contributed by atoms with van der Waals surface area (Å²) in [6.07, 6.45) is 1.85. The first kappa shape index (κ1) is 19.4. The molecule has 2 aromatic carbocycles. The van der Waals surface area contributed by atoms with Crippen molar-refractivity contribution in [3.05, 3.63) is 54.0 Å². The summed E-state index contributed by atoms with van der Waals surface area (Å²) in [5.74, 6) is 1.85. The van der Waals surface area contributed by atoms with Gasteiger partial charge in [0, 0.05) is 43.5 Å². The number of anilines is 2. The molecule has 0 saturated carbocycles. The highest BCUT2D eigenvalue weighted by Crippen LogP contribution is 2.36. The summed E-state index contributed by atoms with van der Waals surface area (Å²) < 4.78 is 24.5. The Balaban J connectivity index is 1.29. The minimum Gasteiger partial charge on any atom is -0.378 e. The smallest absolute Gasteiger partial charge is 0.172 e. The van der Waals surface area contributed by atoms with Crippen LogP contribution in [-0.2, 0) is 4.74 Å². The Bertz CT molecular complexity index is 1260. The van der Waals surface area contributed by atoms with Gasteiger partial charge in [-0.15, -0.1) is 0 Å². The van der Waals surface area contributed by atoms with Crippen molar-refractivity contribution in [3.8, 4) is 0 Å². The minimum absolute atomic E-state index is 0.276. The van der Waals surface area contributed by atoms with E-state index in [1.54, 1.807) is 6.07 Å². The van der Waals surface area contributed by atoms with Crippen LogP contribution in [0.2, 0.25) is 0 Å². The van der Waals surface area contributed by atoms with Crippen LogP contribution in [0.15, 0.2) is 47.0 Å². The van der Waals surface area contributed by atoms with Gasteiger partial charge in [0.1, 0.15) is 5.82 Å². The quantitative estimate of drug-likeness (QED) is 0.481. The van der Waals surface area contributed by atoms with Crippen molar-refractivity contribution < 1.29 is 13.7 Å². The molecule has 0 unspecified atom stereocenters. The number of para-hydroxylation sites is 2. The molecule has 0 spiro atoms. The van der Waals surface area contributed by atoms with E-state index < -0.39 is 0 Å². The molecular weight excluding hydrogens is 409 g/mol. The molecule has 8 heteroatoms. The van der Waals surface area contributed by atoms with E-state index >= 15 is 0 Å². The van der Waals surface area contributed by atoms with Crippen molar-refractivity contribution in [1.29, 1.82) is 0 Å². The van der Waals surface area contributed by atoms with E-state index in [9.17, 15) is 4.39 Å². The molecule has 0 aliphatic carbocycles. The normalized spacial score (nSPS) is 18.0. The highest BCUT2D eigenvalue weighted by molar-refractivity contribution is 5.81. The molecule has 2 aliphatic heterocycles. The summed E-state index contributed by atoms with van der Waals surface area (Å²) in [6, 6.07) is 12.7. The Labute approximate surface area is 184 Å². The van der Waals surface area contributed by atoms with E-state index in [1.807, 2.05) is 24.3 Å². The van der Waals surface area contributed by atoms with Crippen molar-refractivity contribution in [2.24, 2.45) is 0 Å². The number of nitrogens with zero attached hydrogens (tertiary/aromatic N) is 5. The van der Waals surface area contributed by atoms with E-state index in [1.165, 1.54) is 12.1 Å². The minimum atomic E-state index is -0.305. The summed E-state index contributed by atoms with van der Waals surface area (Å²) in [5, 5.41) is 5.19. The number of hydrogen-bond donors (Lipinski definition) is 0. The van der Waals surface area contributed by atoms with E-state index in [2.05, 4.69) is 15.0 Å².